The molecule has 1 aliphatic heterocycles. The average molecular weight is 330 g/mol. The van der Waals surface area contributed by atoms with E-state index in [0.717, 1.165) is 50.8 Å². The summed E-state index contributed by atoms with van der Waals surface area (Å²) in [7, 11) is 0. The standard InChI is InChI=1S/C18H26N4O2/c19-17(23)14-6-2-9-21-16(14)13-5-1-4-12(10-13)11-22-18(24)15-7-3-8-20-15/h2,6,9,12-13,15,20H,1,3-5,7-8,10-11H2,(H2,19,23)(H,22,24)/t12?,13?,15-/m0/s1. The Morgan fingerprint density at radius 1 is 1.29 bits per heavy atom. The molecule has 0 spiro atoms. The van der Waals surface area contributed by atoms with Crippen molar-refractivity contribution < 1.29 is 9.59 Å². The molecule has 2 unspecified atom stereocenters. The summed E-state index contributed by atoms with van der Waals surface area (Å²) in [5.41, 5.74) is 6.83. The fraction of sp³-hybridized carbons (Fsp3) is 0.611. The first-order valence-electron chi connectivity index (χ1n) is 8.91. The van der Waals surface area contributed by atoms with Crippen molar-refractivity contribution in [1.29, 1.82) is 0 Å². The summed E-state index contributed by atoms with van der Waals surface area (Å²) in [5.74, 6) is 0.372. The van der Waals surface area contributed by atoms with Gasteiger partial charge in [0.2, 0.25) is 5.91 Å². The van der Waals surface area contributed by atoms with Crippen LogP contribution >= 0.6 is 0 Å². The van der Waals surface area contributed by atoms with Crippen LogP contribution in [0.5, 0.6) is 0 Å². The molecule has 0 radical (unpaired) electrons. The van der Waals surface area contributed by atoms with E-state index in [1.165, 1.54) is 0 Å². The first-order chi connectivity index (χ1) is 11.6. The molecular weight excluding hydrogens is 304 g/mol. The number of nitrogens with one attached hydrogen (secondary N) is 2. The molecule has 0 bridgehead atoms. The van der Waals surface area contributed by atoms with Crippen LogP contribution in [0.15, 0.2) is 18.3 Å². The molecule has 130 valence electrons. The summed E-state index contributed by atoms with van der Waals surface area (Å²) >= 11 is 0. The Morgan fingerprint density at radius 3 is 2.92 bits per heavy atom. The number of nitrogens with two attached hydrogens (primary N) is 1. The fourth-order valence-corrected chi connectivity index (χ4v) is 3.95. The molecule has 24 heavy (non-hydrogen) atoms. The van der Waals surface area contributed by atoms with Crippen molar-refractivity contribution in [2.24, 2.45) is 11.7 Å². The van der Waals surface area contributed by atoms with Gasteiger partial charge >= 0.3 is 0 Å². The van der Waals surface area contributed by atoms with Gasteiger partial charge in [-0.3, -0.25) is 14.6 Å². The predicted molar refractivity (Wildman–Crippen MR) is 91.5 cm³/mol. The van der Waals surface area contributed by atoms with Crippen LogP contribution in [-0.4, -0.2) is 35.9 Å². The molecule has 2 heterocycles. The van der Waals surface area contributed by atoms with Crippen molar-refractivity contribution in [2.75, 3.05) is 13.1 Å². The third-order valence-electron chi connectivity index (χ3n) is 5.22. The highest BCUT2D eigenvalue weighted by Crippen LogP contribution is 2.36. The van der Waals surface area contributed by atoms with Crippen molar-refractivity contribution in [2.45, 2.75) is 50.5 Å². The SMILES string of the molecule is NC(=O)c1cccnc1C1CCCC(CNC(=O)[C@@H]2CCCN2)C1. The zero-order valence-corrected chi connectivity index (χ0v) is 14.0. The lowest BCUT2D eigenvalue weighted by atomic mass is 9.78. The van der Waals surface area contributed by atoms with Crippen LogP contribution in [0, 0.1) is 5.92 Å². The maximum Gasteiger partial charge on any atom is 0.250 e. The summed E-state index contributed by atoms with van der Waals surface area (Å²) in [5, 5.41) is 6.32. The quantitative estimate of drug-likeness (QED) is 0.758. The van der Waals surface area contributed by atoms with Crippen molar-refractivity contribution in [3.63, 3.8) is 0 Å². The third kappa shape index (κ3) is 3.93. The number of nitrogens with zero attached hydrogens (tertiary/aromatic N) is 1. The van der Waals surface area contributed by atoms with Crippen molar-refractivity contribution >= 4 is 11.8 Å². The van der Waals surface area contributed by atoms with Gasteiger partial charge in [-0.15, -0.1) is 0 Å². The van der Waals surface area contributed by atoms with Gasteiger partial charge in [-0.2, -0.15) is 0 Å². The van der Waals surface area contributed by atoms with Crippen LogP contribution < -0.4 is 16.4 Å². The lowest BCUT2D eigenvalue weighted by molar-refractivity contribution is -0.123. The van der Waals surface area contributed by atoms with Gasteiger partial charge in [-0.1, -0.05) is 6.42 Å². The van der Waals surface area contributed by atoms with E-state index in [0.29, 0.717) is 18.0 Å². The minimum atomic E-state index is -0.416. The maximum absolute atomic E-state index is 12.1. The molecule has 0 aromatic carbocycles. The van der Waals surface area contributed by atoms with E-state index in [1.54, 1.807) is 18.3 Å². The van der Waals surface area contributed by atoms with Crippen LogP contribution in [0.25, 0.3) is 0 Å². The van der Waals surface area contributed by atoms with E-state index >= 15 is 0 Å². The summed E-state index contributed by atoms with van der Waals surface area (Å²) in [4.78, 5) is 28.2. The number of rotatable bonds is 5. The third-order valence-corrected chi connectivity index (χ3v) is 5.22. The number of pyridine rings is 1. The van der Waals surface area contributed by atoms with Gasteiger partial charge in [-0.25, -0.2) is 0 Å². The Labute approximate surface area is 142 Å². The average Bonchev–Trinajstić information content (AvgIpc) is 3.14. The zero-order valence-electron chi connectivity index (χ0n) is 14.0. The molecule has 4 N–H and O–H groups in total. The summed E-state index contributed by atoms with van der Waals surface area (Å²) in [6, 6.07) is 3.47. The van der Waals surface area contributed by atoms with Crippen molar-refractivity contribution in [3.8, 4) is 0 Å². The van der Waals surface area contributed by atoms with Crippen LogP contribution in [0.2, 0.25) is 0 Å². The van der Waals surface area contributed by atoms with Crippen LogP contribution in [0.3, 0.4) is 0 Å². The van der Waals surface area contributed by atoms with Gasteiger partial charge in [0.25, 0.3) is 5.91 Å². The monoisotopic (exact) mass is 330 g/mol. The first kappa shape index (κ1) is 16.9. The van der Waals surface area contributed by atoms with Gasteiger partial charge in [0.05, 0.1) is 17.3 Å². The van der Waals surface area contributed by atoms with E-state index < -0.39 is 5.91 Å². The number of carbonyl (C=O) groups is 2. The molecule has 1 saturated heterocycles. The molecule has 1 saturated carbocycles. The zero-order chi connectivity index (χ0) is 16.9. The maximum atomic E-state index is 12.1. The second kappa shape index (κ2) is 7.75. The van der Waals surface area contributed by atoms with Gasteiger partial charge in [0.1, 0.15) is 0 Å². The minimum Gasteiger partial charge on any atom is -0.366 e. The number of aromatic nitrogens is 1. The van der Waals surface area contributed by atoms with E-state index in [4.69, 9.17) is 5.73 Å². The number of amides is 2. The minimum absolute atomic E-state index is 0.0263. The van der Waals surface area contributed by atoms with Crippen LogP contribution in [-0.2, 0) is 4.79 Å². The number of hydrogen-bond donors (Lipinski definition) is 3. The lowest BCUT2D eigenvalue weighted by Crippen LogP contribution is -2.42. The lowest BCUT2D eigenvalue weighted by Gasteiger charge is -2.30. The molecule has 2 aliphatic rings. The molecular formula is C18H26N4O2. The summed E-state index contributed by atoms with van der Waals surface area (Å²) in [6.07, 6.45) is 7.87. The molecule has 3 rings (SSSR count). The molecule has 1 aromatic heterocycles. The van der Waals surface area contributed by atoms with Gasteiger partial charge < -0.3 is 16.4 Å². The summed E-state index contributed by atoms with van der Waals surface area (Å²) in [6.45, 7) is 1.63. The van der Waals surface area contributed by atoms with Crippen molar-refractivity contribution in [1.82, 2.24) is 15.6 Å². The van der Waals surface area contributed by atoms with Gasteiger partial charge in [0, 0.05) is 18.7 Å². The molecule has 1 aliphatic carbocycles. The second-order valence-corrected chi connectivity index (χ2v) is 6.92. The highest BCUT2D eigenvalue weighted by atomic mass is 16.2. The Bertz CT molecular complexity index is 598. The molecule has 2 amide bonds. The Hall–Kier alpha value is -1.95. The van der Waals surface area contributed by atoms with E-state index in [2.05, 4.69) is 15.6 Å². The Kier molecular flexibility index (Phi) is 5.45. The highest BCUT2D eigenvalue weighted by molar-refractivity contribution is 5.94. The van der Waals surface area contributed by atoms with Crippen LogP contribution in [0.1, 0.15) is 60.5 Å². The molecule has 1 aromatic rings. The molecule has 6 heteroatoms. The highest BCUT2D eigenvalue weighted by Gasteiger charge is 2.28. The molecule has 2 fully saturated rings. The summed E-state index contributed by atoms with van der Waals surface area (Å²) < 4.78 is 0. The smallest absolute Gasteiger partial charge is 0.250 e. The van der Waals surface area contributed by atoms with E-state index in [1.807, 2.05) is 0 Å². The predicted octanol–water partition coefficient (Wildman–Crippen LogP) is 1.32. The Morgan fingerprint density at radius 2 is 2.17 bits per heavy atom. The second-order valence-electron chi connectivity index (χ2n) is 6.92. The largest absolute Gasteiger partial charge is 0.366 e. The number of carbonyl (C=O) groups excluding carboxylic acids is 2. The fourth-order valence-electron chi connectivity index (χ4n) is 3.95. The van der Waals surface area contributed by atoms with Gasteiger partial charge in [0.15, 0.2) is 0 Å². The topological polar surface area (TPSA) is 97.1 Å². The van der Waals surface area contributed by atoms with E-state index in [-0.39, 0.29) is 17.9 Å². The number of primary amides is 1. The van der Waals surface area contributed by atoms with E-state index in [9.17, 15) is 9.59 Å². The Balaban J connectivity index is 1.58. The molecule has 3 atom stereocenters. The first-order valence-corrected chi connectivity index (χ1v) is 8.91. The van der Waals surface area contributed by atoms with Crippen LogP contribution in [0.4, 0.5) is 0 Å². The normalized spacial score (nSPS) is 26.9. The van der Waals surface area contributed by atoms with Crippen molar-refractivity contribution in [3.05, 3.63) is 29.6 Å². The number of hydrogen-bond acceptors (Lipinski definition) is 4. The van der Waals surface area contributed by atoms with Gasteiger partial charge in [-0.05, 0) is 56.7 Å². The molecule has 6 nitrogen and oxygen atoms in total.